The molecular weight excluding hydrogens is 400 g/mol. The van der Waals surface area contributed by atoms with Crippen molar-refractivity contribution in [2.45, 2.75) is 32.7 Å². The molecule has 2 N–H and O–H groups in total. The molecule has 2 aromatic carbocycles. The van der Waals surface area contributed by atoms with E-state index in [0.717, 1.165) is 24.2 Å². The SMILES string of the molecule is CCCCOc1ccc(C(=O)NC(C)C(=O)Nc2nnc(-c3ccccc3)s2)cc1. The molecule has 30 heavy (non-hydrogen) atoms. The highest BCUT2D eigenvalue weighted by atomic mass is 32.1. The molecule has 3 rings (SSSR count). The lowest BCUT2D eigenvalue weighted by molar-refractivity contribution is -0.117. The summed E-state index contributed by atoms with van der Waals surface area (Å²) in [7, 11) is 0. The fourth-order valence-corrected chi connectivity index (χ4v) is 3.32. The van der Waals surface area contributed by atoms with Gasteiger partial charge in [0.2, 0.25) is 11.0 Å². The van der Waals surface area contributed by atoms with Crippen molar-refractivity contribution >= 4 is 28.3 Å². The molecular formula is C22H24N4O3S. The Balaban J connectivity index is 1.52. The maximum absolute atomic E-state index is 12.4. The average molecular weight is 425 g/mol. The van der Waals surface area contributed by atoms with Crippen LogP contribution in [-0.4, -0.2) is 34.7 Å². The second-order valence-corrected chi connectivity index (χ2v) is 7.67. The Bertz CT molecular complexity index is 974. The lowest BCUT2D eigenvalue weighted by Gasteiger charge is -2.13. The van der Waals surface area contributed by atoms with Crippen LogP contribution in [0.1, 0.15) is 37.0 Å². The number of hydrogen-bond acceptors (Lipinski definition) is 6. The van der Waals surface area contributed by atoms with Gasteiger partial charge in [-0.2, -0.15) is 0 Å². The number of amides is 2. The first-order valence-electron chi connectivity index (χ1n) is 9.80. The first-order valence-corrected chi connectivity index (χ1v) is 10.6. The highest BCUT2D eigenvalue weighted by Gasteiger charge is 2.18. The van der Waals surface area contributed by atoms with Gasteiger partial charge in [-0.05, 0) is 37.6 Å². The Labute approximate surface area is 179 Å². The lowest BCUT2D eigenvalue weighted by atomic mass is 10.2. The van der Waals surface area contributed by atoms with Crippen molar-refractivity contribution < 1.29 is 14.3 Å². The van der Waals surface area contributed by atoms with Crippen LogP contribution in [0.3, 0.4) is 0 Å². The van der Waals surface area contributed by atoms with Gasteiger partial charge in [0, 0.05) is 11.1 Å². The monoisotopic (exact) mass is 424 g/mol. The molecule has 1 heterocycles. The second kappa shape index (κ2) is 10.5. The van der Waals surface area contributed by atoms with Crippen molar-refractivity contribution in [1.29, 1.82) is 0 Å². The van der Waals surface area contributed by atoms with Gasteiger partial charge in [0.25, 0.3) is 5.91 Å². The maximum Gasteiger partial charge on any atom is 0.251 e. The zero-order valence-corrected chi connectivity index (χ0v) is 17.7. The summed E-state index contributed by atoms with van der Waals surface area (Å²) in [5.74, 6) is 0.0231. The van der Waals surface area contributed by atoms with Crippen molar-refractivity contribution in [3.8, 4) is 16.3 Å². The summed E-state index contributed by atoms with van der Waals surface area (Å²) >= 11 is 1.28. The Morgan fingerprint density at radius 3 is 2.50 bits per heavy atom. The van der Waals surface area contributed by atoms with Gasteiger partial charge in [0.05, 0.1) is 6.61 Å². The van der Waals surface area contributed by atoms with Crippen LogP contribution in [-0.2, 0) is 4.79 Å². The molecule has 156 valence electrons. The van der Waals surface area contributed by atoms with Gasteiger partial charge < -0.3 is 10.1 Å². The van der Waals surface area contributed by atoms with Gasteiger partial charge >= 0.3 is 0 Å². The zero-order chi connectivity index (χ0) is 21.3. The number of benzene rings is 2. The van der Waals surface area contributed by atoms with Crippen molar-refractivity contribution in [2.24, 2.45) is 0 Å². The predicted molar refractivity (Wildman–Crippen MR) is 118 cm³/mol. The van der Waals surface area contributed by atoms with Crippen molar-refractivity contribution in [1.82, 2.24) is 15.5 Å². The third-order valence-corrected chi connectivity index (χ3v) is 5.19. The van der Waals surface area contributed by atoms with Crippen LogP contribution in [0, 0.1) is 0 Å². The summed E-state index contributed by atoms with van der Waals surface area (Å²) in [4.78, 5) is 24.8. The second-order valence-electron chi connectivity index (χ2n) is 6.69. The minimum atomic E-state index is -0.734. The number of carbonyl (C=O) groups excluding carboxylic acids is 2. The third kappa shape index (κ3) is 5.87. The number of nitrogens with zero attached hydrogens (tertiary/aromatic N) is 2. The molecule has 0 aliphatic carbocycles. The summed E-state index contributed by atoms with van der Waals surface area (Å²) in [5.41, 5.74) is 1.39. The topological polar surface area (TPSA) is 93.2 Å². The normalized spacial score (nSPS) is 11.5. The fraction of sp³-hybridized carbons (Fsp3) is 0.273. The first-order chi connectivity index (χ1) is 14.6. The smallest absolute Gasteiger partial charge is 0.251 e. The van der Waals surface area contributed by atoms with Crippen LogP contribution in [0.5, 0.6) is 5.75 Å². The number of ether oxygens (including phenoxy) is 1. The molecule has 0 aliphatic rings. The van der Waals surface area contributed by atoms with Crippen LogP contribution < -0.4 is 15.4 Å². The summed E-state index contributed by atoms with van der Waals surface area (Å²) < 4.78 is 5.59. The van der Waals surface area contributed by atoms with Gasteiger partial charge in [0.15, 0.2) is 0 Å². The maximum atomic E-state index is 12.4. The highest BCUT2D eigenvalue weighted by molar-refractivity contribution is 7.18. The molecule has 1 aromatic heterocycles. The zero-order valence-electron chi connectivity index (χ0n) is 16.9. The Morgan fingerprint density at radius 2 is 1.80 bits per heavy atom. The van der Waals surface area contributed by atoms with E-state index in [0.29, 0.717) is 22.3 Å². The largest absolute Gasteiger partial charge is 0.494 e. The van der Waals surface area contributed by atoms with Gasteiger partial charge in [-0.15, -0.1) is 10.2 Å². The number of unbranched alkanes of at least 4 members (excludes halogenated alkanes) is 1. The molecule has 0 bridgehead atoms. The van der Waals surface area contributed by atoms with Gasteiger partial charge in [0.1, 0.15) is 16.8 Å². The summed E-state index contributed by atoms with van der Waals surface area (Å²) in [6, 6.07) is 15.7. The van der Waals surface area contributed by atoms with Gasteiger partial charge in [-0.3, -0.25) is 14.9 Å². The first kappa shape index (κ1) is 21.4. The van der Waals surface area contributed by atoms with Crippen LogP contribution in [0.4, 0.5) is 5.13 Å². The van der Waals surface area contributed by atoms with E-state index in [2.05, 4.69) is 27.8 Å². The van der Waals surface area contributed by atoms with E-state index < -0.39 is 6.04 Å². The number of anilines is 1. The average Bonchev–Trinajstić information content (AvgIpc) is 3.23. The molecule has 3 aromatic rings. The quantitative estimate of drug-likeness (QED) is 0.504. The number of carbonyl (C=O) groups is 2. The van der Waals surface area contributed by atoms with Crippen LogP contribution in [0.25, 0.3) is 10.6 Å². The number of hydrogen-bond donors (Lipinski definition) is 2. The lowest BCUT2D eigenvalue weighted by Crippen LogP contribution is -2.41. The van der Waals surface area contributed by atoms with Crippen LogP contribution >= 0.6 is 11.3 Å². The number of nitrogens with one attached hydrogen (secondary N) is 2. The molecule has 0 saturated heterocycles. The summed E-state index contributed by atoms with van der Waals surface area (Å²) in [5, 5.41) is 14.6. The van der Waals surface area contributed by atoms with Crippen LogP contribution in [0.2, 0.25) is 0 Å². The molecule has 1 unspecified atom stereocenters. The molecule has 0 saturated carbocycles. The molecule has 7 nitrogen and oxygen atoms in total. The Hall–Kier alpha value is -3.26. The highest BCUT2D eigenvalue weighted by Crippen LogP contribution is 2.25. The van der Waals surface area contributed by atoms with Gasteiger partial charge in [-0.1, -0.05) is 55.0 Å². The molecule has 1 atom stereocenters. The minimum absolute atomic E-state index is 0.333. The number of aromatic nitrogens is 2. The molecule has 8 heteroatoms. The number of rotatable bonds is 9. The third-order valence-electron chi connectivity index (χ3n) is 4.30. The van der Waals surface area contributed by atoms with E-state index in [9.17, 15) is 9.59 Å². The molecule has 2 amide bonds. The van der Waals surface area contributed by atoms with Crippen molar-refractivity contribution in [2.75, 3.05) is 11.9 Å². The van der Waals surface area contributed by atoms with Gasteiger partial charge in [-0.25, -0.2) is 0 Å². The molecule has 0 aliphatic heterocycles. The van der Waals surface area contributed by atoms with E-state index >= 15 is 0 Å². The van der Waals surface area contributed by atoms with E-state index in [1.165, 1.54) is 11.3 Å². The van der Waals surface area contributed by atoms with E-state index in [1.807, 2.05) is 30.3 Å². The van der Waals surface area contributed by atoms with E-state index in [-0.39, 0.29) is 11.8 Å². The molecule has 0 spiro atoms. The summed E-state index contributed by atoms with van der Waals surface area (Å²) in [6.07, 6.45) is 2.04. The molecule has 0 radical (unpaired) electrons. The van der Waals surface area contributed by atoms with E-state index in [4.69, 9.17) is 4.74 Å². The van der Waals surface area contributed by atoms with Crippen LogP contribution in [0.15, 0.2) is 54.6 Å². The standard InChI is InChI=1S/C22H24N4O3S/c1-3-4-14-29-18-12-10-16(11-13-18)20(28)23-15(2)19(27)24-22-26-25-21(30-22)17-8-6-5-7-9-17/h5-13,15H,3-4,14H2,1-2H3,(H,23,28)(H,24,26,27). The summed E-state index contributed by atoms with van der Waals surface area (Å²) in [6.45, 7) is 4.37. The van der Waals surface area contributed by atoms with Crippen molar-refractivity contribution in [3.63, 3.8) is 0 Å². The Morgan fingerprint density at radius 1 is 1.07 bits per heavy atom. The Kier molecular flexibility index (Phi) is 7.51. The minimum Gasteiger partial charge on any atom is -0.494 e. The van der Waals surface area contributed by atoms with Crippen molar-refractivity contribution in [3.05, 3.63) is 60.2 Å². The predicted octanol–water partition coefficient (Wildman–Crippen LogP) is 4.14. The fourth-order valence-electron chi connectivity index (χ4n) is 2.57. The molecule has 0 fully saturated rings. The van der Waals surface area contributed by atoms with E-state index in [1.54, 1.807) is 31.2 Å².